The number of hydrogen-bond acceptors (Lipinski definition) is 1. The molecule has 6 rings (SSSR count). The second-order valence-electron chi connectivity index (χ2n) is 10.8. The molecule has 0 saturated carbocycles. The zero-order valence-electron chi connectivity index (χ0n) is 24.9. The summed E-state index contributed by atoms with van der Waals surface area (Å²) in [5.41, 5.74) is 12.7. The largest absolute Gasteiger partial charge is 0.309 e. The van der Waals surface area contributed by atoms with Gasteiger partial charge in [0.2, 0.25) is 0 Å². The summed E-state index contributed by atoms with van der Waals surface area (Å²) in [4.78, 5) is 0. The van der Waals surface area contributed by atoms with E-state index in [1.54, 1.807) is 6.08 Å². The van der Waals surface area contributed by atoms with Crippen LogP contribution in [-0.4, -0.2) is 9.13 Å². The third kappa shape index (κ3) is 4.36. The predicted molar refractivity (Wildman–Crippen MR) is 185 cm³/mol. The molecular weight excluding hydrogens is 522 g/mol. The van der Waals surface area contributed by atoms with E-state index in [2.05, 4.69) is 122 Å². The van der Waals surface area contributed by atoms with Crippen molar-refractivity contribution in [2.24, 2.45) is 0 Å². The fourth-order valence-corrected chi connectivity index (χ4v) is 6.45. The van der Waals surface area contributed by atoms with Crippen molar-refractivity contribution in [2.45, 2.75) is 20.8 Å². The van der Waals surface area contributed by atoms with E-state index in [0.717, 1.165) is 66.8 Å². The Bertz CT molecular complexity index is 2200. The van der Waals surface area contributed by atoms with Gasteiger partial charge in [-0.1, -0.05) is 68.3 Å². The molecule has 2 aromatic heterocycles. The van der Waals surface area contributed by atoms with Gasteiger partial charge in [0.1, 0.15) is 0 Å². The number of allylic oxidation sites excluding steroid dienone is 5. The molecule has 3 nitrogen and oxygen atoms in total. The Kier molecular flexibility index (Phi) is 7.06. The Labute approximate surface area is 252 Å². The Balaban J connectivity index is 1.61. The molecule has 0 N–H and O–H groups in total. The van der Waals surface area contributed by atoms with Crippen LogP contribution in [0.4, 0.5) is 0 Å². The number of rotatable bonds is 7. The summed E-state index contributed by atoms with van der Waals surface area (Å²) in [6, 6.07) is 28.1. The van der Waals surface area contributed by atoms with Crippen LogP contribution in [-0.2, 0) is 0 Å². The highest BCUT2D eigenvalue weighted by Crippen LogP contribution is 2.39. The van der Waals surface area contributed by atoms with Crippen LogP contribution in [0.25, 0.3) is 67.4 Å². The van der Waals surface area contributed by atoms with Gasteiger partial charge >= 0.3 is 0 Å². The number of nitriles is 1. The quantitative estimate of drug-likeness (QED) is 0.180. The van der Waals surface area contributed by atoms with Gasteiger partial charge in [0.25, 0.3) is 0 Å². The first-order valence-electron chi connectivity index (χ1n) is 14.4. The first kappa shape index (κ1) is 27.6. The molecular formula is C40H33N3. The normalized spacial score (nSPS) is 11.9. The fourth-order valence-electron chi connectivity index (χ4n) is 6.45. The Hall–Kier alpha value is -5.59. The van der Waals surface area contributed by atoms with E-state index < -0.39 is 0 Å². The molecule has 6 aromatic rings. The van der Waals surface area contributed by atoms with Gasteiger partial charge in [-0.15, -0.1) is 0 Å². The summed E-state index contributed by atoms with van der Waals surface area (Å²) >= 11 is 0. The van der Waals surface area contributed by atoms with Crippen LogP contribution in [0.15, 0.2) is 117 Å². The average Bonchev–Trinajstić information content (AvgIpc) is 3.51. The highest BCUT2D eigenvalue weighted by atomic mass is 15.0. The van der Waals surface area contributed by atoms with Crippen LogP contribution in [0.5, 0.6) is 0 Å². The van der Waals surface area contributed by atoms with E-state index in [0.29, 0.717) is 5.56 Å². The lowest BCUT2D eigenvalue weighted by Gasteiger charge is -2.16. The molecule has 0 bridgehead atoms. The van der Waals surface area contributed by atoms with Gasteiger partial charge in [-0.3, -0.25) is 0 Å². The third-order valence-electron chi connectivity index (χ3n) is 8.18. The summed E-state index contributed by atoms with van der Waals surface area (Å²) in [5, 5.41) is 13.0. The lowest BCUT2D eigenvalue weighted by molar-refractivity contribution is 1.06. The highest BCUT2D eigenvalue weighted by molar-refractivity contribution is 6.12. The lowest BCUT2D eigenvalue weighted by atomic mass is 10.00. The van der Waals surface area contributed by atoms with Crippen LogP contribution >= 0.6 is 0 Å². The maximum atomic E-state index is 9.54. The van der Waals surface area contributed by atoms with E-state index in [4.69, 9.17) is 0 Å². The number of aryl methyl sites for hydroxylation is 2. The zero-order chi connectivity index (χ0) is 30.2. The van der Waals surface area contributed by atoms with Crippen LogP contribution in [0.1, 0.15) is 34.9 Å². The van der Waals surface area contributed by atoms with Gasteiger partial charge < -0.3 is 9.13 Å². The van der Waals surface area contributed by atoms with Crippen LogP contribution in [0.3, 0.4) is 0 Å². The van der Waals surface area contributed by atoms with E-state index >= 15 is 0 Å². The maximum Gasteiger partial charge on any atom is 0.0991 e. The minimum atomic E-state index is 0.672. The number of nitrogens with zero attached hydrogens (tertiary/aromatic N) is 3. The molecule has 0 saturated heterocycles. The van der Waals surface area contributed by atoms with Crippen LogP contribution < -0.4 is 0 Å². The van der Waals surface area contributed by atoms with Gasteiger partial charge in [-0.05, 0) is 104 Å². The van der Waals surface area contributed by atoms with Gasteiger partial charge in [0.15, 0.2) is 0 Å². The predicted octanol–water partition coefficient (Wildman–Crippen LogP) is 10.8. The smallest absolute Gasteiger partial charge is 0.0991 e. The summed E-state index contributed by atoms with van der Waals surface area (Å²) in [6.45, 7) is 18.4. The molecule has 208 valence electrons. The summed E-state index contributed by atoms with van der Waals surface area (Å²) in [7, 11) is 0. The number of benzene rings is 4. The first-order chi connectivity index (χ1) is 20.9. The fraction of sp³-hybridized carbons (Fsp3) is 0.0750. The Morgan fingerprint density at radius 3 is 2.07 bits per heavy atom. The second-order valence-corrected chi connectivity index (χ2v) is 10.8. The molecule has 4 aromatic carbocycles. The number of hydrogen-bond donors (Lipinski definition) is 0. The van der Waals surface area contributed by atoms with E-state index in [-0.39, 0.29) is 0 Å². The van der Waals surface area contributed by atoms with Gasteiger partial charge in [-0.2, -0.15) is 5.26 Å². The van der Waals surface area contributed by atoms with Crippen molar-refractivity contribution in [1.29, 1.82) is 5.26 Å². The Morgan fingerprint density at radius 2 is 1.44 bits per heavy atom. The maximum absolute atomic E-state index is 9.54. The number of fused-ring (bicyclic) bond motifs is 4. The van der Waals surface area contributed by atoms with Gasteiger partial charge in [0, 0.05) is 27.4 Å². The minimum absolute atomic E-state index is 0.672. The number of para-hydroxylation sites is 1. The van der Waals surface area contributed by atoms with Crippen molar-refractivity contribution in [3.8, 4) is 22.9 Å². The number of aromatic nitrogens is 2. The molecule has 43 heavy (non-hydrogen) atoms. The Morgan fingerprint density at radius 1 is 0.791 bits per heavy atom. The summed E-state index contributed by atoms with van der Waals surface area (Å²) in [5.74, 6) is 0. The molecule has 0 fully saturated rings. The lowest BCUT2D eigenvalue weighted by Crippen LogP contribution is -2.03. The first-order valence-corrected chi connectivity index (χ1v) is 14.4. The van der Waals surface area contributed by atoms with E-state index in [9.17, 15) is 5.26 Å². The monoisotopic (exact) mass is 555 g/mol. The van der Waals surface area contributed by atoms with Gasteiger partial charge in [-0.25, -0.2) is 0 Å². The highest BCUT2D eigenvalue weighted by Gasteiger charge is 2.19. The molecule has 0 aliphatic heterocycles. The third-order valence-corrected chi connectivity index (χ3v) is 8.18. The van der Waals surface area contributed by atoms with Crippen molar-refractivity contribution < 1.29 is 0 Å². The molecule has 0 unspecified atom stereocenters. The molecule has 0 amide bonds. The molecule has 0 aliphatic carbocycles. The molecule has 0 spiro atoms. The van der Waals surface area contributed by atoms with Crippen LogP contribution in [0, 0.1) is 25.2 Å². The van der Waals surface area contributed by atoms with Crippen molar-refractivity contribution in [1.82, 2.24) is 9.13 Å². The van der Waals surface area contributed by atoms with Crippen LogP contribution in [0.2, 0.25) is 0 Å². The molecule has 2 heterocycles. The minimum Gasteiger partial charge on any atom is -0.309 e. The topological polar surface area (TPSA) is 33.6 Å². The van der Waals surface area contributed by atoms with E-state index in [1.165, 1.54) is 10.8 Å². The molecule has 3 heteroatoms. The molecule has 0 atom stereocenters. The standard InChI is InChI=1S/C40H33N3/c1-7-13-31(9-3)42-37-16-12-11-15-33(37)35-24-30(17-19-38(35)42)29-18-20-39-34(23-29)32(10-4)36(14-8-2)43(39)40-26(5)21-28(25-41)22-27(40)6/h7-24H,1,3-4H2,2,5-6H3/b14-8-,31-13+. The molecule has 0 aliphatic rings. The summed E-state index contributed by atoms with van der Waals surface area (Å²) in [6.07, 6.45) is 11.8. The SMILES string of the molecule is C=C/C=C(\C=C)n1c2ccccc2c2cc(-c3ccc4c(c3)c(C=C)c(/C=C\C)n4-c3c(C)cc(C#N)cc3C)ccc21. The van der Waals surface area contributed by atoms with Crippen molar-refractivity contribution >= 4 is 50.6 Å². The van der Waals surface area contributed by atoms with E-state index in [1.807, 2.05) is 37.3 Å². The average molecular weight is 556 g/mol. The van der Waals surface area contributed by atoms with Gasteiger partial charge in [0.05, 0.1) is 39.6 Å². The summed E-state index contributed by atoms with van der Waals surface area (Å²) < 4.78 is 4.55. The van der Waals surface area contributed by atoms with Crippen molar-refractivity contribution in [2.75, 3.05) is 0 Å². The second kappa shape index (κ2) is 11.0. The van der Waals surface area contributed by atoms with Crippen molar-refractivity contribution in [3.63, 3.8) is 0 Å². The molecule has 0 radical (unpaired) electrons. The van der Waals surface area contributed by atoms with Crippen molar-refractivity contribution in [3.05, 3.63) is 145 Å². The zero-order valence-corrected chi connectivity index (χ0v) is 24.9.